The van der Waals surface area contributed by atoms with Gasteiger partial charge in [-0.05, 0) is 51.0 Å². The minimum absolute atomic E-state index is 0.265. The Morgan fingerprint density at radius 3 is 2.52 bits per heavy atom. The lowest BCUT2D eigenvalue weighted by Crippen LogP contribution is -2.53. The van der Waals surface area contributed by atoms with E-state index in [1.165, 1.54) is 64.3 Å². The van der Waals surface area contributed by atoms with Gasteiger partial charge in [-0.2, -0.15) is 0 Å². The van der Waals surface area contributed by atoms with E-state index in [0.717, 1.165) is 31.6 Å². The second kappa shape index (κ2) is 8.50. The predicted molar refractivity (Wildman–Crippen MR) is 89.4 cm³/mol. The van der Waals surface area contributed by atoms with Gasteiger partial charge in [-0.25, -0.2) is 0 Å². The summed E-state index contributed by atoms with van der Waals surface area (Å²) in [7, 11) is 2.32. The van der Waals surface area contributed by atoms with Gasteiger partial charge in [0.15, 0.2) is 0 Å². The van der Waals surface area contributed by atoms with Crippen molar-refractivity contribution in [3.05, 3.63) is 0 Å². The van der Waals surface area contributed by atoms with E-state index < -0.39 is 0 Å². The van der Waals surface area contributed by atoms with Gasteiger partial charge in [0.2, 0.25) is 0 Å². The average molecular weight is 296 g/mol. The van der Waals surface area contributed by atoms with E-state index in [2.05, 4.69) is 18.9 Å². The molecule has 0 spiro atoms. The fourth-order valence-electron chi connectivity index (χ4n) is 4.41. The van der Waals surface area contributed by atoms with Gasteiger partial charge < -0.3 is 10.5 Å². The van der Waals surface area contributed by atoms with E-state index in [4.69, 9.17) is 10.5 Å². The number of hydrogen-bond acceptors (Lipinski definition) is 3. The maximum atomic E-state index is 6.27. The van der Waals surface area contributed by atoms with Gasteiger partial charge >= 0.3 is 0 Å². The molecule has 21 heavy (non-hydrogen) atoms. The third-order valence-electron chi connectivity index (χ3n) is 6.03. The maximum Gasteiger partial charge on any atom is 0.0469 e. The Morgan fingerprint density at radius 2 is 1.86 bits per heavy atom. The Morgan fingerprint density at radius 1 is 1.10 bits per heavy atom. The summed E-state index contributed by atoms with van der Waals surface area (Å²) < 4.78 is 5.50. The first-order valence-corrected chi connectivity index (χ1v) is 9.19. The van der Waals surface area contributed by atoms with Crippen molar-refractivity contribution >= 4 is 0 Å². The highest BCUT2D eigenvalue weighted by Crippen LogP contribution is 2.36. The fourth-order valence-corrected chi connectivity index (χ4v) is 4.41. The molecule has 1 saturated heterocycles. The molecule has 124 valence electrons. The van der Waals surface area contributed by atoms with Gasteiger partial charge in [0.1, 0.15) is 0 Å². The largest absolute Gasteiger partial charge is 0.381 e. The second-order valence-electron chi connectivity index (χ2n) is 7.45. The molecule has 1 heterocycles. The van der Waals surface area contributed by atoms with Crippen LogP contribution in [0.2, 0.25) is 0 Å². The highest BCUT2D eigenvalue weighted by Gasteiger charge is 2.36. The Balaban J connectivity index is 1.92. The van der Waals surface area contributed by atoms with Gasteiger partial charge in [-0.3, -0.25) is 4.90 Å². The molecule has 0 bridgehead atoms. The van der Waals surface area contributed by atoms with E-state index in [1.54, 1.807) is 0 Å². The number of nitrogens with zero attached hydrogens (tertiary/aromatic N) is 1. The molecule has 0 aromatic carbocycles. The summed E-state index contributed by atoms with van der Waals surface area (Å²) in [4.78, 5) is 2.62. The zero-order valence-electron chi connectivity index (χ0n) is 14.3. The van der Waals surface area contributed by atoms with Crippen LogP contribution < -0.4 is 5.73 Å². The van der Waals surface area contributed by atoms with Crippen molar-refractivity contribution in [2.45, 2.75) is 70.3 Å². The van der Waals surface area contributed by atoms with Crippen LogP contribution in [-0.4, -0.2) is 43.8 Å². The number of likely N-dealkylation sites (N-methyl/N-ethyl adjacent to an activating group) is 1. The van der Waals surface area contributed by atoms with E-state index in [9.17, 15) is 0 Å². The molecule has 2 fully saturated rings. The van der Waals surface area contributed by atoms with Crippen molar-refractivity contribution in [1.29, 1.82) is 0 Å². The smallest absolute Gasteiger partial charge is 0.0469 e. The van der Waals surface area contributed by atoms with Crippen LogP contribution in [-0.2, 0) is 4.74 Å². The third-order valence-corrected chi connectivity index (χ3v) is 6.03. The van der Waals surface area contributed by atoms with Gasteiger partial charge in [-0.15, -0.1) is 0 Å². The molecule has 2 unspecified atom stereocenters. The SMILES string of the molecule is CCCC1CCCC(CN)(N(C)CC2CCOCC2)CC1. The summed E-state index contributed by atoms with van der Waals surface area (Å²) in [6.45, 7) is 6.25. The summed E-state index contributed by atoms with van der Waals surface area (Å²) in [6.07, 6.45) is 11.9. The van der Waals surface area contributed by atoms with Crippen molar-refractivity contribution in [2.75, 3.05) is 33.4 Å². The van der Waals surface area contributed by atoms with Crippen molar-refractivity contribution < 1.29 is 4.74 Å². The number of hydrogen-bond donors (Lipinski definition) is 1. The average Bonchev–Trinajstić information content (AvgIpc) is 2.72. The molecule has 3 heteroatoms. The van der Waals surface area contributed by atoms with Gasteiger partial charge in [0.25, 0.3) is 0 Å². The predicted octanol–water partition coefficient (Wildman–Crippen LogP) is 3.42. The Kier molecular flexibility index (Phi) is 6.97. The highest BCUT2D eigenvalue weighted by atomic mass is 16.5. The van der Waals surface area contributed by atoms with Gasteiger partial charge in [0, 0.05) is 31.8 Å². The van der Waals surface area contributed by atoms with Crippen molar-refractivity contribution in [2.24, 2.45) is 17.6 Å². The lowest BCUT2D eigenvalue weighted by atomic mass is 9.86. The Labute approximate surface area is 131 Å². The van der Waals surface area contributed by atoms with Crippen molar-refractivity contribution in [1.82, 2.24) is 4.90 Å². The van der Waals surface area contributed by atoms with Crippen LogP contribution in [0.15, 0.2) is 0 Å². The van der Waals surface area contributed by atoms with Crippen LogP contribution in [0.1, 0.15) is 64.7 Å². The molecule has 2 rings (SSSR count). The molecule has 0 aromatic rings. The summed E-state index contributed by atoms with van der Waals surface area (Å²) >= 11 is 0. The van der Waals surface area contributed by atoms with Crippen molar-refractivity contribution in [3.63, 3.8) is 0 Å². The molecule has 2 N–H and O–H groups in total. The van der Waals surface area contributed by atoms with Crippen LogP contribution in [0, 0.1) is 11.8 Å². The third kappa shape index (κ3) is 4.67. The molecule has 1 aliphatic carbocycles. The lowest BCUT2D eigenvalue weighted by molar-refractivity contribution is 0.0293. The normalized spacial score (nSPS) is 32.3. The Hall–Kier alpha value is -0.120. The quantitative estimate of drug-likeness (QED) is 0.763. The first kappa shape index (κ1) is 17.2. The number of nitrogens with two attached hydrogens (primary N) is 1. The lowest BCUT2D eigenvalue weighted by Gasteiger charge is -2.43. The molecule has 2 aliphatic rings. The zero-order chi connectivity index (χ0) is 15.1. The molecule has 1 aliphatic heterocycles. The monoisotopic (exact) mass is 296 g/mol. The molecule has 0 amide bonds. The summed E-state index contributed by atoms with van der Waals surface area (Å²) in [6, 6.07) is 0. The Bertz CT molecular complexity index is 291. The maximum absolute atomic E-state index is 6.27. The summed E-state index contributed by atoms with van der Waals surface area (Å²) in [5.41, 5.74) is 6.53. The van der Waals surface area contributed by atoms with Crippen LogP contribution in [0.5, 0.6) is 0 Å². The summed E-state index contributed by atoms with van der Waals surface area (Å²) in [5.74, 6) is 1.75. The zero-order valence-corrected chi connectivity index (χ0v) is 14.3. The standard InChI is InChI=1S/C18H36N2O/c1-3-5-16-6-4-10-18(15-19,11-7-16)20(2)14-17-8-12-21-13-9-17/h16-17H,3-15,19H2,1-2H3. The van der Waals surface area contributed by atoms with Gasteiger partial charge in [-0.1, -0.05) is 32.6 Å². The number of rotatable bonds is 6. The first-order valence-electron chi connectivity index (χ1n) is 9.19. The molecular weight excluding hydrogens is 260 g/mol. The van der Waals surface area contributed by atoms with E-state index in [1.807, 2.05) is 0 Å². The molecular formula is C18H36N2O. The van der Waals surface area contributed by atoms with Crippen LogP contribution >= 0.6 is 0 Å². The minimum atomic E-state index is 0.265. The highest BCUT2D eigenvalue weighted by molar-refractivity contribution is 4.93. The van der Waals surface area contributed by atoms with Crippen molar-refractivity contribution in [3.8, 4) is 0 Å². The molecule has 0 aromatic heterocycles. The number of ether oxygens (including phenoxy) is 1. The van der Waals surface area contributed by atoms with Crippen LogP contribution in [0.3, 0.4) is 0 Å². The van der Waals surface area contributed by atoms with E-state index in [0.29, 0.717) is 0 Å². The van der Waals surface area contributed by atoms with Crippen LogP contribution in [0.25, 0.3) is 0 Å². The fraction of sp³-hybridized carbons (Fsp3) is 1.00. The second-order valence-corrected chi connectivity index (χ2v) is 7.45. The molecule has 0 radical (unpaired) electrons. The molecule has 3 nitrogen and oxygen atoms in total. The van der Waals surface area contributed by atoms with Gasteiger partial charge in [0.05, 0.1) is 0 Å². The van der Waals surface area contributed by atoms with E-state index in [-0.39, 0.29) is 5.54 Å². The summed E-state index contributed by atoms with van der Waals surface area (Å²) in [5, 5.41) is 0. The van der Waals surface area contributed by atoms with E-state index >= 15 is 0 Å². The molecule has 1 saturated carbocycles. The first-order chi connectivity index (χ1) is 10.2. The topological polar surface area (TPSA) is 38.5 Å². The minimum Gasteiger partial charge on any atom is -0.381 e. The molecule has 2 atom stereocenters. The van der Waals surface area contributed by atoms with Crippen LogP contribution in [0.4, 0.5) is 0 Å².